The van der Waals surface area contributed by atoms with E-state index >= 15 is 0 Å². The van der Waals surface area contributed by atoms with Crippen LogP contribution in [0.1, 0.15) is 0 Å². The second kappa shape index (κ2) is 2.82. The Balaban J connectivity index is 2.67. The summed E-state index contributed by atoms with van der Waals surface area (Å²) in [5.41, 5.74) is 7.08. The number of urea groups is 1. The lowest BCUT2D eigenvalue weighted by atomic mass is 10.4. The molecule has 0 bridgehead atoms. The number of carbonyl (C=O) groups is 1. The molecule has 0 spiro atoms. The van der Waals surface area contributed by atoms with Crippen LogP contribution in [0, 0.1) is 0 Å². The highest BCUT2D eigenvalue weighted by Crippen LogP contribution is 2.00. The van der Waals surface area contributed by atoms with Gasteiger partial charge >= 0.3 is 6.03 Å². The summed E-state index contributed by atoms with van der Waals surface area (Å²) in [6, 6.07) is 2.53. The van der Waals surface area contributed by atoms with Crippen LogP contribution in [0.5, 0.6) is 0 Å². The monoisotopic (exact) mass is 136 g/mol. The fourth-order valence-corrected chi connectivity index (χ4v) is 0.568. The van der Waals surface area contributed by atoms with Crippen molar-refractivity contribution in [1.29, 1.82) is 0 Å². The fourth-order valence-electron chi connectivity index (χ4n) is 0.568. The van der Waals surface area contributed by atoms with E-state index in [0.29, 0.717) is 5.69 Å². The van der Waals surface area contributed by atoms with E-state index in [0.717, 1.165) is 0 Å². The highest BCUT2D eigenvalue weighted by molar-refractivity contribution is 5.86. The summed E-state index contributed by atoms with van der Waals surface area (Å²) in [5.74, 6) is 0. The number of amides is 2. The van der Waals surface area contributed by atoms with Gasteiger partial charge in [-0.15, -0.1) is 0 Å². The van der Waals surface area contributed by atoms with Gasteiger partial charge in [0.05, 0.1) is 11.9 Å². The average molecular weight is 136 g/mol. The molecule has 0 aliphatic heterocycles. The van der Waals surface area contributed by atoms with Crippen molar-refractivity contribution in [2.75, 3.05) is 5.32 Å². The van der Waals surface area contributed by atoms with E-state index in [2.05, 4.69) is 10.3 Å². The Morgan fingerprint density at radius 3 is 3.00 bits per heavy atom. The number of anilines is 1. The molecule has 1 rings (SSSR count). The number of pyridine rings is 1. The molecule has 4 heteroatoms. The van der Waals surface area contributed by atoms with Gasteiger partial charge in [-0.2, -0.15) is 0 Å². The van der Waals surface area contributed by atoms with Gasteiger partial charge in [0.15, 0.2) is 0 Å². The van der Waals surface area contributed by atoms with Crippen molar-refractivity contribution in [2.24, 2.45) is 0 Å². The topological polar surface area (TPSA) is 65.8 Å². The molecule has 1 radical (unpaired) electrons. The molecule has 10 heavy (non-hydrogen) atoms. The largest absolute Gasteiger partial charge is 0.338 e. The number of rotatable bonds is 1. The molecule has 0 saturated carbocycles. The number of aromatic nitrogens is 1. The molecule has 4 nitrogen and oxygen atoms in total. The van der Waals surface area contributed by atoms with Crippen molar-refractivity contribution in [3.8, 4) is 0 Å². The second-order valence-corrected chi connectivity index (χ2v) is 1.70. The highest BCUT2D eigenvalue weighted by Gasteiger charge is 1.92. The summed E-state index contributed by atoms with van der Waals surface area (Å²) >= 11 is 0. The molecule has 0 saturated heterocycles. The van der Waals surface area contributed by atoms with Crippen molar-refractivity contribution in [2.45, 2.75) is 0 Å². The molecular formula is C6H6N3O. The Labute approximate surface area is 58.1 Å². The molecule has 0 atom stereocenters. The van der Waals surface area contributed by atoms with Crippen LogP contribution < -0.4 is 11.1 Å². The number of hydrogen-bond acceptors (Lipinski definition) is 2. The average Bonchev–Trinajstić information content (AvgIpc) is 1.88. The van der Waals surface area contributed by atoms with Crippen molar-refractivity contribution in [3.05, 3.63) is 24.5 Å². The van der Waals surface area contributed by atoms with Gasteiger partial charge in [-0.1, -0.05) is 0 Å². The maximum absolute atomic E-state index is 10.1. The summed E-state index contributed by atoms with van der Waals surface area (Å²) < 4.78 is 0. The Morgan fingerprint density at radius 2 is 2.50 bits per heavy atom. The molecule has 2 N–H and O–H groups in total. The van der Waals surface area contributed by atoms with E-state index in [1.807, 2.05) is 0 Å². The van der Waals surface area contributed by atoms with Gasteiger partial charge in [-0.05, 0) is 12.1 Å². The number of nitrogens with one attached hydrogen (secondary N) is 2. The van der Waals surface area contributed by atoms with Crippen LogP contribution in [-0.2, 0) is 0 Å². The Hall–Kier alpha value is -1.58. The third-order valence-electron chi connectivity index (χ3n) is 0.919. The van der Waals surface area contributed by atoms with E-state index in [-0.39, 0.29) is 0 Å². The molecule has 0 aromatic carbocycles. The van der Waals surface area contributed by atoms with Gasteiger partial charge in [0.2, 0.25) is 0 Å². The molecule has 1 aromatic heterocycles. The van der Waals surface area contributed by atoms with Crippen LogP contribution in [0.4, 0.5) is 10.5 Å². The minimum atomic E-state index is -0.826. The normalized spacial score (nSPS) is 8.80. The zero-order valence-electron chi connectivity index (χ0n) is 5.16. The number of hydrogen-bond donors (Lipinski definition) is 1. The van der Waals surface area contributed by atoms with Gasteiger partial charge < -0.3 is 5.32 Å². The Kier molecular flexibility index (Phi) is 1.84. The maximum atomic E-state index is 10.1. The van der Waals surface area contributed by atoms with Gasteiger partial charge in [0.1, 0.15) is 0 Å². The lowest BCUT2D eigenvalue weighted by molar-refractivity contribution is 0.258. The van der Waals surface area contributed by atoms with Crippen LogP contribution in [-0.4, -0.2) is 11.0 Å². The molecular weight excluding hydrogens is 130 g/mol. The summed E-state index contributed by atoms with van der Waals surface area (Å²) in [7, 11) is 0. The predicted molar refractivity (Wildman–Crippen MR) is 36.4 cm³/mol. The maximum Gasteiger partial charge on any atom is 0.338 e. The first-order valence-electron chi connectivity index (χ1n) is 2.71. The lowest BCUT2D eigenvalue weighted by Gasteiger charge is -1.96. The minimum Gasteiger partial charge on any atom is -0.305 e. The summed E-state index contributed by atoms with van der Waals surface area (Å²) in [5, 5.41) is 2.27. The summed E-state index contributed by atoms with van der Waals surface area (Å²) in [6.45, 7) is 0. The van der Waals surface area contributed by atoms with E-state index in [1.165, 1.54) is 6.20 Å². The molecule has 0 aliphatic rings. The van der Waals surface area contributed by atoms with Crippen molar-refractivity contribution < 1.29 is 4.79 Å². The number of nitrogens with zero attached hydrogens (tertiary/aromatic N) is 1. The smallest absolute Gasteiger partial charge is 0.305 e. The molecule has 1 heterocycles. The first-order valence-corrected chi connectivity index (χ1v) is 2.71. The Morgan fingerprint density at radius 1 is 1.70 bits per heavy atom. The fraction of sp³-hybridized carbons (Fsp3) is 0. The third-order valence-corrected chi connectivity index (χ3v) is 0.919. The van der Waals surface area contributed by atoms with Crippen LogP contribution in [0.15, 0.2) is 24.5 Å². The predicted octanol–water partition coefficient (Wildman–Crippen LogP) is 0.896. The van der Waals surface area contributed by atoms with Crippen LogP contribution in [0.25, 0.3) is 0 Å². The van der Waals surface area contributed by atoms with Crippen molar-refractivity contribution in [1.82, 2.24) is 10.7 Å². The van der Waals surface area contributed by atoms with Crippen LogP contribution in [0.3, 0.4) is 0 Å². The van der Waals surface area contributed by atoms with Crippen molar-refractivity contribution >= 4 is 11.7 Å². The second-order valence-electron chi connectivity index (χ2n) is 1.70. The minimum absolute atomic E-state index is 0.544. The van der Waals surface area contributed by atoms with E-state index in [1.54, 1.807) is 18.3 Å². The van der Waals surface area contributed by atoms with Crippen LogP contribution in [0.2, 0.25) is 0 Å². The molecule has 0 aliphatic carbocycles. The molecule has 2 amide bonds. The van der Waals surface area contributed by atoms with E-state index < -0.39 is 6.03 Å². The van der Waals surface area contributed by atoms with Crippen molar-refractivity contribution in [3.63, 3.8) is 0 Å². The van der Waals surface area contributed by atoms with E-state index in [4.69, 9.17) is 5.73 Å². The van der Waals surface area contributed by atoms with Gasteiger partial charge in [0.25, 0.3) is 0 Å². The molecule has 0 unspecified atom stereocenters. The van der Waals surface area contributed by atoms with E-state index in [9.17, 15) is 4.79 Å². The SMILES string of the molecule is [NH]C(=O)Nc1cccnc1. The van der Waals surface area contributed by atoms with Crippen LogP contribution >= 0.6 is 0 Å². The standard InChI is InChI=1S/C6H6N3O/c7-6(10)9-5-2-1-3-8-4-5/h1-4,7H,(H,9,10). The Bertz CT molecular complexity index is 222. The quantitative estimate of drug-likeness (QED) is 0.623. The third kappa shape index (κ3) is 1.74. The molecule has 1 aromatic rings. The first-order chi connectivity index (χ1) is 4.79. The van der Waals surface area contributed by atoms with Gasteiger partial charge in [-0.25, -0.2) is 10.5 Å². The summed E-state index contributed by atoms with van der Waals surface area (Å²) in [4.78, 5) is 13.9. The lowest BCUT2D eigenvalue weighted by Crippen LogP contribution is -2.09. The highest BCUT2D eigenvalue weighted by atomic mass is 16.2. The molecule has 0 fully saturated rings. The molecule has 51 valence electrons. The zero-order chi connectivity index (χ0) is 7.40. The first kappa shape index (κ1) is 6.54. The summed E-state index contributed by atoms with van der Waals surface area (Å²) in [6.07, 6.45) is 3.08. The number of carbonyl (C=O) groups excluding carboxylic acids is 1. The zero-order valence-corrected chi connectivity index (χ0v) is 5.16. The van der Waals surface area contributed by atoms with Gasteiger partial charge in [0, 0.05) is 6.20 Å². The van der Waals surface area contributed by atoms with Gasteiger partial charge in [-0.3, -0.25) is 4.98 Å².